The van der Waals surface area contributed by atoms with Gasteiger partial charge in [-0.3, -0.25) is 23.7 Å². The van der Waals surface area contributed by atoms with E-state index in [9.17, 15) is 23.6 Å². The molecule has 2 aliphatic heterocycles. The number of anilines is 2. The standard InChI is InChI=1S/C28H18Cl2FN3O4S2/c29-18-11-10-16(12-19(18)30)32-20(35)13-33-27-24(40-28(33)38)21(14-6-8-15(31)9-7-14)22-23(39-27)26(37)34(25(22)36)17-4-2-1-3-5-17/h1-12,21-23H,13H2,(H,32,35). The molecular weight excluding hydrogens is 596 g/mol. The first-order valence-electron chi connectivity index (χ1n) is 12.1. The summed E-state index contributed by atoms with van der Waals surface area (Å²) < 4.78 is 15.1. The highest BCUT2D eigenvalue weighted by Crippen LogP contribution is 2.53. The number of amides is 3. The number of imide groups is 1. The van der Waals surface area contributed by atoms with Crippen molar-refractivity contribution in [3.63, 3.8) is 0 Å². The summed E-state index contributed by atoms with van der Waals surface area (Å²) in [5, 5.41) is 2.90. The quantitative estimate of drug-likeness (QED) is 0.288. The summed E-state index contributed by atoms with van der Waals surface area (Å²) in [5.74, 6) is -3.22. The van der Waals surface area contributed by atoms with E-state index in [4.69, 9.17) is 23.2 Å². The first-order chi connectivity index (χ1) is 19.2. The lowest BCUT2D eigenvalue weighted by molar-refractivity contribution is -0.122. The summed E-state index contributed by atoms with van der Waals surface area (Å²) in [6, 6.07) is 19.0. The molecule has 3 amide bonds. The Labute approximate surface area is 245 Å². The molecule has 12 heteroatoms. The number of aromatic nitrogens is 1. The summed E-state index contributed by atoms with van der Waals surface area (Å²) in [6.45, 7) is -0.323. The average Bonchev–Trinajstić information content (AvgIpc) is 3.38. The van der Waals surface area contributed by atoms with Gasteiger partial charge in [0.15, 0.2) is 0 Å². The second-order valence-electron chi connectivity index (χ2n) is 9.24. The molecule has 0 aliphatic carbocycles. The van der Waals surface area contributed by atoms with Crippen LogP contribution in [0.15, 0.2) is 82.6 Å². The monoisotopic (exact) mass is 613 g/mol. The SMILES string of the molecule is O=C(Cn1c2c(sc1=O)C(c1ccc(F)cc1)C1C(=O)N(c3ccccc3)C(=O)C1S2)Nc1ccc(Cl)c(Cl)c1. The second kappa shape index (κ2) is 10.5. The zero-order chi connectivity index (χ0) is 28.1. The predicted molar refractivity (Wildman–Crippen MR) is 154 cm³/mol. The van der Waals surface area contributed by atoms with Crippen LogP contribution < -0.4 is 15.1 Å². The van der Waals surface area contributed by atoms with Gasteiger partial charge in [0.2, 0.25) is 17.7 Å². The first kappa shape index (κ1) is 26.8. The topological polar surface area (TPSA) is 88.5 Å². The van der Waals surface area contributed by atoms with Crippen molar-refractivity contribution in [3.05, 3.63) is 109 Å². The fraction of sp³-hybridized carbons (Fsp3) is 0.143. The van der Waals surface area contributed by atoms with Gasteiger partial charge in [0, 0.05) is 16.5 Å². The van der Waals surface area contributed by atoms with Crippen molar-refractivity contribution < 1.29 is 18.8 Å². The van der Waals surface area contributed by atoms with Crippen LogP contribution in [0.5, 0.6) is 0 Å². The Bertz CT molecular complexity index is 1730. The number of hydrogen-bond donors (Lipinski definition) is 1. The van der Waals surface area contributed by atoms with Crippen molar-refractivity contribution in [2.24, 2.45) is 5.92 Å². The Kier molecular flexibility index (Phi) is 7.03. The zero-order valence-corrected chi connectivity index (χ0v) is 23.5. The van der Waals surface area contributed by atoms with Gasteiger partial charge in [0.25, 0.3) is 0 Å². The minimum absolute atomic E-state index is 0.265. The Morgan fingerprint density at radius 2 is 1.65 bits per heavy atom. The zero-order valence-electron chi connectivity index (χ0n) is 20.3. The molecule has 1 saturated heterocycles. The number of fused-ring (bicyclic) bond motifs is 2. The van der Waals surface area contributed by atoms with Crippen molar-refractivity contribution in [2.75, 3.05) is 10.2 Å². The van der Waals surface area contributed by atoms with Crippen LogP contribution in [0.1, 0.15) is 16.4 Å². The predicted octanol–water partition coefficient (Wildman–Crippen LogP) is 5.79. The minimum Gasteiger partial charge on any atom is -0.324 e. The van der Waals surface area contributed by atoms with Crippen molar-refractivity contribution in [2.45, 2.75) is 22.7 Å². The van der Waals surface area contributed by atoms with Crippen LogP contribution in [0.3, 0.4) is 0 Å². The van der Waals surface area contributed by atoms with Gasteiger partial charge in [-0.25, -0.2) is 9.29 Å². The third-order valence-corrected chi connectivity index (χ3v) is 10.1. The highest BCUT2D eigenvalue weighted by molar-refractivity contribution is 8.00. The minimum atomic E-state index is -0.839. The number of hydrogen-bond acceptors (Lipinski definition) is 6. The molecular formula is C28H18Cl2FN3O4S2. The Morgan fingerprint density at radius 1 is 0.925 bits per heavy atom. The summed E-state index contributed by atoms with van der Waals surface area (Å²) in [5.41, 5.74) is 1.46. The van der Waals surface area contributed by atoms with Gasteiger partial charge in [-0.1, -0.05) is 76.6 Å². The lowest BCUT2D eigenvalue weighted by Gasteiger charge is -2.30. The number of thioether (sulfide) groups is 1. The van der Waals surface area contributed by atoms with E-state index in [1.54, 1.807) is 54.6 Å². The molecule has 202 valence electrons. The van der Waals surface area contributed by atoms with Crippen molar-refractivity contribution in [1.29, 1.82) is 0 Å². The molecule has 4 aromatic rings. The van der Waals surface area contributed by atoms with Crippen LogP contribution in [-0.4, -0.2) is 27.5 Å². The number of carbonyl (C=O) groups excluding carboxylic acids is 3. The normalized spacial score (nSPS) is 19.9. The van der Waals surface area contributed by atoms with Crippen LogP contribution in [0.25, 0.3) is 0 Å². The van der Waals surface area contributed by atoms with Crippen molar-refractivity contribution >= 4 is 75.4 Å². The maximum atomic E-state index is 13.8. The van der Waals surface area contributed by atoms with Crippen LogP contribution in [0.2, 0.25) is 10.0 Å². The maximum absolute atomic E-state index is 13.8. The number of nitrogens with one attached hydrogen (secondary N) is 1. The molecule has 6 rings (SSSR count). The molecule has 3 unspecified atom stereocenters. The lowest BCUT2D eigenvalue weighted by Crippen LogP contribution is -2.33. The lowest BCUT2D eigenvalue weighted by atomic mass is 9.83. The molecule has 1 N–H and O–H groups in total. The van der Waals surface area contributed by atoms with E-state index in [1.165, 1.54) is 27.7 Å². The molecule has 0 bridgehead atoms. The molecule has 1 aromatic heterocycles. The van der Waals surface area contributed by atoms with Gasteiger partial charge in [-0.15, -0.1) is 0 Å². The van der Waals surface area contributed by atoms with Gasteiger partial charge in [-0.05, 0) is 48.0 Å². The fourth-order valence-corrected chi connectivity index (χ4v) is 8.11. The highest BCUT2D eigenvalue weighted by atomic mass is 35.5. The number of thiazole rings is 1. The molecule has 3 atom stereocenters. The number of halogens is 3. The van der Waals surface area contributed by atoms with Gasteiger partial charge < -0.3 is 5.32 Å². The smallest absolute Gasteiger partial charge is 0.308 e. The van der Waals surface area contributed by atoms with Gasteiger partial charge >= 0.3 is 4.87 Å². The van der Waals surface area contributed by atoms with Crippen LogP contribution in [0, 0.1) is 11.7 Å². The van der Waals surface area contributed by atoms with Gasteiger partial charge in [0.1, 0.15) is 17.6 Å². The van der Waals surface area contributed by atoms with Gasteiger partial charge in [-0.2, -0.15) is 0 Å². The molecule has 0 radical (unpaired) electrons. The molecule has 0 spiro atoms. The summed E-state index contributed by atoms with van der Waals surface area (Å²) in [4.78, 5) is 54.9. The summed E-state index contributed by atoms with van der Waals surface area (Å²) in [7, 11) is 0. The second-order valence-corrected chi connectivity index (χ2v) is 12.2. The number of para-hydroxylation sites is 1. The van der Waals surface area contributed by atoms with E-state index in [0.717, 1.165) is 23.1 Å². The summed E-state index contributed by atoms with van der Waals surface area (Å²) >= 11 is 14.0. The van der Waals surface area contributed by atoms with Gasteiger partial charge in [0.05, 0.1) is 26.7 Å². The number of carbonyl (C=O) groups is 3. The Balaban J connectivity index is 1.40. The molecule has 0 saturated carbocycles. The molecule has 3 aromatic carbocycles. The molecule has 3 heterocycles. The third-order valence-electron chi connectivity index (χ3n) is 6.80. The third kappa shape index (κ3) is 4.64. The largest absolute Gasteiger partial charge is 0.324 e. The van der Waals surface area contributed by atoms with Crippen molar-refractivity contribution in [3.8, 4) is 0 Å². The highest BCUT2D eigenvalue weighted by Gasteiger charge is 2.56. The molecule has 7 nitrogen and oxygen atoms in total. The Morgan fingerprint density at radius 3 is 2.35 bits per heavy atom. The van der Waals surface area contributed by atoms with E-state index in [2.05, 4.69) is 5.32 Å². The van der Waals surface area contributed by atoms with Crippen molar-refractivity contribution in [1.82, 2.24) is 4.57 Å². The number of rotatable bonds is 5. The van der Waals surface area contributed by atoms with Crippen LogP contribution in [-0.2, 0) is 20.9 Å². The number of benzene rings is 3. The molecule has 1 fully saturated rings. The first-order valence-corrected chi connectivity index (χ1v) is 14.5. The van der Waals surface area contributed by atoms with Crippen LogP contribution in [0.4, 0.5) is 15.8 Å². The van der Waals surface area contributed by atoms with E-state index < -0.39 is 45.5 Å². The maximum Gasteiger partial charge on any atom is 0.308 e. The molecule has 40 heavy (non-hydrogen) atoms. The van der Waals surface area contributed by atoms with Crippen LogP contribution >= 0.6 is 46.3 Å². The Hall–Kier alpha value is -3.44. The summed E-state index contributed by atoms with van der Waals surface area (Å²) in [6.07, 6.45) is 0. The fourth-order valence-electron chi connectivity index (χ4n) is 5.03. The van der Waals surface area contributed by atoms with E-state index in [-0.39, 0.29) is 11.6 Å². The molecule has 2 aliphatic rings. The average molecular weight is 615 g/mol. The number of nitrogens with zero attached hydrogens (tertiary/aromatic N) is 2. The van der Waals surface area contributed by atoms with E-state index >= 15 is 0 Å². The van der Waals surface area contributed by atoms with E-state index in [0.29, 0.717) is 31.9 Å². The van der Waals surface area contributed by atoms with E-state index in [1.807, 2.05) is 0 Å².